The maximum atomic E-state index is 6.38. The fourth-order valence-corrected chi connectivity index (χ4v) is 26.7. The van der Waals surface area contributed by atoms with E-state index in [4.69, 9.17) is 4.42 Å². The van der Waals surface area contributed by atoms with Crippen molar-refractivity contribution in [3.63, 3.8) is 0 Å². The molecule has 10 aliphatic carbocycles. The molecule has 8 fully saturated rings. The number of para-hydroxylation sites is 1. The largest absolute Gasteiger partial charge is 0.456 e. The lowest BCUT2D eigenvalue weighted by Gasteiger charge is -2.61. The van der Waals surface area contributed by atoms with Gasteiger partial charge in [-0.1, -0.05) is 273 Å². The Bertz CT molecular complexity index is 6350. The molecule has 8 saturated carbocycles. The van der Waals surface area contributed by atoms with E-state index in [0.717, 1.165) is 69.3 Å². The molecule has 1 nitrogen and oxygen atoms in total. The minimum absolute atomic E-state index is 0.184. The predicted octanol–water partition coefficient (Wildman–Crippen LogP) is 29.7. The lowest BCUT2D eigenvalue weighted by Crippen LogP contribution is -2.55. The summed E-state index contributed by atoms with van der Waals surface area (Å²) in [6.07, 6.45) is 14.3. The van der Waals surface area contributed by atoms with E-state index in [0.29, 0.717) is 0 Å². The second-order valence-corrected chi connectivity index (χ2v) is 35.5. The van der Waals surface area contributed by atoms with E-state index in [2.05, 4.69) is 309 Å². The van der Waals surface area contributed by atoms with Gasteiger partial charge in [0.25, 0.3) is 0 Å². The highest BCUT2D eigenvalue weighted by molar-refractivity contribution is 7.25. The number of benzene rings is 16. The summed E-state index contributed by atoms with van der Waals surface area (Å²) in [4.78, 5) is 0. The molecule has 110 heavy (non-hydrogen) atoms. The summed E-state index contributed by atoms with van der Waals surface area (Å²) in [7, 11) is 0. The van der Waals surface area contributed by atoms with E-state index in [1.54, 1.807) is 22.3 Å². The maximum Gasteiger partial charge on any atom is 0.136 e. The highest BCUT2D eigenvalue weighted by atomic mass is 32.1. The predicted molar refractivity (Wildman–Crippen MR) is 462 cm³/mol. The molecule has 8 bridgehead atoms. The van der Waals surface area contributed by atoms with Crippen molar-refractivity contribution in [1.82, 2.24) is 0 Å². The third-order valence-corrected chi connectivity index (χ3v) is 30.5. The highest BCUT2D eigenvalue weighted by Gasteiger charge is 2.63. The van der Waals surface area contributed by atoms with Gasteiger partial charge in [-0.3, -0.25) is 0 Å². The van der Waals surface area contributed by atoms with Gasteiger partial charge >= 0.3 is 0 Å². The van der Waals surface area contributed by atoms with Crippen LogP contribution < -0.4 is 0 Å². The van der Waals surface area contributed by atoms with Gasteiger partial charge in [-0.15, -0.1) is 11.3 Å². The van der Waals surface area contributed by atoms with Crippen molar-refractivity contribution in [2.24, 2.45) is 47.3 Å². The molecule has 10 aliphatic rings. The molecule has 0 aliphatic heterocycles. The summed E-state index contributed by atoms with van der Waals surface area (Å²) in [5.74, 6) is 6.89. The topological polar surface area (TPSA) is 13.1 Å². The first-order valence-corrected chi connectivity index (χ1v) is 41.7. The number of hydrogen-bond acceptors (Lipinski definition) is 2. The minimum atomic E-state index is 0.184. The Hall–Kier alpha value is -11.4. The molecule has 2 heteroatoms. The fraction of sp³-hybridized carbons (Fsp3) is 0.185. The monoisotopic (exact) mass is 1420 g/mol. The molecule has 2 heterocycles. The van der Waals surface area contributed by atoms with Gasteiger partial charge in [0.1, 0.15) is 11.2 Å². The third kappa shape index (κ3) is 8.80. The zero-order valence-electron chi connectivity index (χ0n) is 61.5. The van der Waals surface area contributed by atoms with Crippen LogP contribution in [0.2, 0.25) is 0 Å². The van der Waals surface area contributed by atoms with Crippen molar-refractivity contribution in [2.75, 3.05) is 0 Å². The Balaban J connectivity index is 0.000000126. The van der Waals surface area contributed by atoms with Crippen molar-refractivity contribution < 1.29 is 4.42 Å². The number of furan rings is 1. The van der Waals surface area contributed by atoms with Crippen molar-refractivity contribution in [3.05, 3.63) is 338 Å². The molecular weight excluding hydrogens is 1350 g/mol. The highest BCUT2D eigenvalue weighted by Crippen LogP contribution is 2.72. The van der Waals surface area contributed by atoms with Crippen LogP contribution in [-0.4, -0.2) is 0 Å². The molecule has 0 atom stereocenters. The quantitative estimate of drug-likeness (QED) is 0.151. The number of thiophene rings is 1. The molecule has 0 amide bonds. The van der Waals surface area contributed by atoms with Crippen molar-refractivity contribution in [2.45, 2.75) is 75.0 Å². The summed E-state index contributed by atoms with van der Waals surface area (Å²) < 4.78 is 9.07. The van der Waals surface area contributed by atoms with Gasteiger partial charge in [-0.05, 0) is 308 Å². The van der Waals surface area contributed by atoms with Crippen molar-refractivity contribution in [3.8, 4) is 89.0 Å². The lowest BCUT2D eigenvalue weighted by molar-refractivity contribution is -0.0399. The van der Waals surface area contributed by atoms with Crippen LogP contribution in [-0.2, 0) is 10.8 Å². The van der Waals surface area contributed by atoms with E-state index in [1.807, 2.05) is 17.4 Å². The molecule has 0 N–H and O–H groups in total. The second-order valence-electron chi connectivity index (χ2n) is 34.4. The van der Waals surface area contributed by atoms with Crippen LogP contribution >= 0.6 is 11.3 Å². The van der Waals surface area contributed by atoms with Crippen LogP contribution in [0.25, 0.3) is 174 Å². The first-order chi connectivity index (χ1) is 54.4. The minimum Gasteiger partial charge on any atom is -0.456 e. The number of fused-ring (bicyclic) bond motifs is 16. The summed E-state index contributed by atoms with van der Waals surface area (Å²) in [5.41, 5.74) is 30.2. The first kappa shape index (κ1) is 62.5. The van der Waals surface area contributed by atoms with Gasteiger partial charge in [0.15, 0.2) is 0 Å². The molecule has 0 saturated heterocycles. The molecule has 524 valence electrons. The number of hydrogen-bond donors (Lipinski definition) is 0. The van der Waals surface area contributed by atoms with Gasteiger partial charge < -0.3 is 4.42 Å². The van der Waals surface area contributed by atoms with E-state index < -0.39 is 0 Å². The van der Waals surface area contributed by atoms with Crippen LogP contribution in [0.1, 0.15) is 86.5 Å². The van der Waals surface area contributed by atoms with Gasteiger partial charge in [0.2, 0.25) is 0 Å². The molecule has 0 unspecified atom stereocenters. The second kappa shape index (κ2) is 23.6. The van der Waals surface area contributed by atoms with Crippen LogP contribution in [0, 0.1) is 47.3 Å². The van der Waals surface area contributed by atoms with Crippen LogP contribution in [0.5, 0.6) is 0 Å². The summed E-state index contributed by atoms with van der Waals surface area (Å²) in [5, 5.41) is 15.3. The molecule has 2 aromatic heterocycles. The van der Waals surface area contributed by atoms with E-state index in [9.17, 15) is 0 Å². The smallest absolute Gasteiger partial charge is 0.136 e. The van der Waals surface area contributed by atoms with Crippen molar-refractivity contribution >= 4 is 96.5 Å². The molecule has 28 rings (SSSR count). The van der Waals surface area contributed by atoms with E-state index >= 15 is 0 Å². The zero-order valence-corrected chi connectivity index (χ0v) is 62.3. The summed E-state index contributed by atoms with van der Waals surface area (Å²) in [6.45, 7) is 0. The summed E-state index contributed by atoms with van der Waals surface area (Å²) in [6, 6.07) is 120. The lowest BCUT2D eigenvalue weighted by atomic mass is 9.43. The number of rotatable bonds is 6. The molecular formula is C108H80OS. The van der Waals surface area contributed by atoms with E-state index in [-0.39, 0.29) is 10.8 Å². The first-order valence-electron chi connectivity index (χ1n) is 40.8. The van der Waals surface area contributed by atoms with Gasteiger partial charge in [-0.25, -0.2) is 0 Å². The SMILES string of the molecule is c1ccc2c(c1)-c1ccc(-c3ccc(-c4c5ccccc5c(-c5ccc6c(c5)oc5ccccc56)c5ccccc45)cc3)cc1C21C2CC3CC(C2)CC1C3.c1ccc2c(c1)-c1ccc(-c3ccc(-c4c5ccccc5c(-c5ccc6c(c5)sc5ccccc56)c5ccccc45)cc3)cc1C21C2CC3CC(C2)CC1C3. The fourth-order valence-electron chi connectivity index (χ4n) is 25.6. The van der Waals surface area contributed by atoms with Crippen LogP contribution in [0.3, 0.4) is 0 Å². The molecule has 16 aromatic carbocycles. The van der Waals surface area contributed by atoms with Gasteiger partial charge in [-0.2, -0.15) is 0 Å². The maximum absolute atomic E-state index is 6.38. The Kier molecular flexibility index (Phi) is 13.4. The van der Waals surface area contributed by atoms with Crippen molar-refractivity contribution in [1.29, 1.82) is 0 Å². The standard InChI is InChI=1S/C54H40O.C54H40S/c2*1-3-13-46-44(11-1)52(45-12-2-4-14-47(45)53(46)37-22-24-43-42-10-6-8-16-50(42)55-51(43)31-37)35-19-17-34(18-20-35)36-21-23-41-40-9-5-7-15-48(40)54(49(41)30-36)38-26-32-25-33(28-38)29-39(54)27-32/h2*1-24,30-33,38-39H,25-29H2. The van der Waals surface area contributed by atoms with Gasteiger partial charge in [0, 0.05) is 41.8 Å². The average Bonchev–Trinajstić information content (AvgIpc) is 1.50. The Morgan fingerprint density at radius 1 is 0.209 bits per heavy atom. The molecule has 18 aromatic rings. The zero-order chi connectivity index (χ0) is 71.7. The van der Waals surface area contributed by atoms with Crippen LogP contribution in [0.4, 0.5) is 0 Å². The normalized spacial score (nSPS) is 23.3. The molecule has 2 spiro atoms. The Morgan fingerprint density at radius 2 is 0.518 bits per heavy atom. The van der Waals surface area contributed by atoms with E-state index in [1.165, 1.54) is 216 Å². The molecule has 0 radical (unpaired) electrons. The Morgan fingerprint density at radius 3 is 0.964 bits per heavy atom. The average molecular weight is 1430 g/mol. The summed E-state index contributed by atoms with van der Waals surface area (Å²) >= 11 is 1.90. The van der Waals surface area contributed by atoms with Gasteiger partial charge in [0.05, 0.1) is 0 Å². The Labute approximate surface area is 645 Å². The van der Waals surface area contributed by atoms with Crippen LogP contribution in [0.15, 0.2) is 320 Å². The third-order valence-electron chi connectivity index (χ3n) is 29.3.